The third-order valence-electron chi connectivity index (χ3n) is 3.22. The van der Waals surface area contributed by atoms with Gasteiger partial charge in [-0.2, -0.15) is 0 Å². The van der Waals surface area contributed by atoms with E-state index in [1.807, 2.05) is 12.1 Å². The largest absolute Gasteiger partial charge is 0.377 e. The maximum atomic E-state index is 10.9. The minimum atomic E-state index is -0.339. The van der Waals surface area contributed by atoms with Crippen LogP contribution in [-0.2, 0) is 10.1 Å². The highest BCUT2D eigenvalue weighted by atomic mass is 79.9. The molecule has 0 aromatic heterocycles. The zero-order chi connectivity index (χ0) is 13.8. The van der Waals surface area contributed by atoms with E-state index < -0.39 is 0 Å². The van der Waals surface area contributed by atoms with E-state index in [4.69, 9.17) is 4.74 Å². The molecular formula is C13H17BrN2O3. The number of hydrogen-bond donors (Lipinski definition) is 0. The quantitative estimate of drug-likeness (QED) is 0.486. The molecule has 0 amide bonds. The molecule has 0 aliphatic carbocycles. The fourth-order valence-corrected chi connectivity index (χ4v) is 2.73. The number of nitrogens with zero attached hydrogens (tertiary/aromatic N) is 2. The van der Waals surface area contributed by atoms with Crippen LogP contribution in [0, 0.1) is 10.1 Å². The van der Waals surface area contributed by atoms with Crippen LogP contribution in [0.25, 0.3) is 0 Å². The van der Waals surface area contributed by atoms with Gasteiger partial charge in [0.2, 0.25) is 0 Å². The molecule has 5 nitrogen and oxygen atoms in total. The fourth-order valence-electron chi connectivity index (χ4n) is 2.28. The van der Waals surface area contributed by atoms with Crippen molar-refractivity contribution in [1.82, 2.24) is 0 Å². The van der Waals surface area contributed by atoms with Gasteiger partial charge in [-0.05, 0) is 25.5 Å². The van der Waals surface area contributed by atoms with Crippen LogP contribution >= 0.6 is 15.9 Å². The first kappa shape index (κ1) is 14.3. The summed E-state index contributed by atoms with van der Waals surface area (Å²) in [5, 5.41) is 11.4. The summed E-state index contributed by atoms with van der Waals surface area (Å²) in [6.07, 6.45) is 1.16. The SMILES string of the molecule is CC1CN(c2ccc([N+](=O)[O-])c(CBr)c2)CCCO1. The average Bonchev–Trinajstić information content (AvgIpc) is 2.62. The molecule has 1 fully saturated rings. The van der Waals surface area contributed by atoms with Crippen molar-refractivity contribution in [3.8, 4) is 0 Å². The number of nitro groups is 1. The number of anilines is 1. The van der Waals surface area contributed by atoms with E-state index >= 15 is 0 Å². The fraction of sp³-hybridized carbons (Fsp3) is 0.538. The highest BCUT2D eigenvalue weighted by Gasteiger charge is 2.19. The topological polar surface area (TPSA) is 55.6 Å². The van der Waals surface area contributed by atoms with Crippen LogP contribution in [0.15, 0.2) is 18.2 Å². The predicted octanol–water partition coefficient (Wildman–Crippen LogP) is 3.10. The van der Waals surface area contributed by atoms with Crippen molar-refractivity contribution in [3.05, 3.63) is 33.9 Å². The number of halogens is 1. The van der Waals surface area contributed by atoms with E-state index in [1.165, 1.54) is 0 Å². The predicted molar refractivity (Wildman–Crippen MR) is 78.0 cm³/mol. The molecule has 2 rings (SSSR count). The molecule has 19 heavy (non-hydrogen) atoms. The van der Waals surface area contributed by atoms with Gasteiger partial charge in [-0.15, -0.1) is 0 Å². The standard InChI is InChI=1S/C13H17BrN2O3/c1-10-9-15(5-2-6-19-10)12-3-4-13(16(17)18)11(7-12)8-14/h3-4,7,10H,2,5-6,8-9H2,1H3. The van der Waals surface area contributed by atoms with Crippen LogP contribution < -0.4 is 4.90 Å². The van der Waals surface area contributed by atoms with Crippen molar-refractivity contribution < 1.29 is 9.66 Å². The summed E-state index contributed by atoms with van der Waals surface area (Å²) in [5.41, 5.74) is 1.90. The highest BCUT2D eigenvalue weighted by molar-refractivity contribution is 9.08. The van der Waals surface area contributed by atoms with Crippen molar-refractivity contribution in [2.75, 3.05) is 24.6 Å². The smallest absolute Gasteiger partial charge is 0.273 e. The molecule has 1 aliphatic heterocycles. The Balaban J connectivity index is 2.26. The summed E-state index contributed by atoms with van der Waals surface area (Å²) in [6.45, 7) is 4.56. The molecule has 0 saturated carbocycles. The average molecular weight is 329 g/mol. The van der Waals surface area contributed by atoms with E-state index in [0.29, 0.717) is 10.9 Å². The van der Waals surface area contributed by atoms with Gasteiger partial charge < -0.3 is 9.64 Å². The minimum Gasteiger partial charge on any atom is -0.377 e. The first-order valence-electron chi connectivity index (χ1n) is 6.31. The van der Waals surface area contributed by atoms with E-state index in [0.717, 1.165) is 31.8 Å². The van der Waals surface area contributed by atoms with Crippen molar-refractivity contribution in [3.63, 3.8) is 0 Å². The van der Waals surface area contributed by atoms with Gasteiger partial charge in [-0.25, -0.2) is 0 Å². The molecule has 1 heterocycles. The van der Waals surface area contributed by atoms with Crippen LogP contribution in [-0.4, -0.2) is 30.7 Å². The monoisotopic (exact) mass is 328 g/mol. The van der Waals surface area contributed by atoms with Crippen molar-refractivity contribution >= 4 is 27.3 Å². The molecule has 6 heteroatoms. The molecule has 1 aromatic rings. The van der Waals surface area contributed by atoms with E-state index in [-0.39, 0.29) is 16.7 Å². The molecule has 0 spiro atoms. The molecular weight excluding hydrogens is 312 g/mol. The molecule has 0 N–H and O–H groups in total. The summed E-state index contributed by atoms with van der Waals surface area (Å²) >= 11 is 3.31. The van der Waals surface area contributed by atoms with Crippen LogP contribution in [0.5, 0.6) is 0 Å². The Morgan fingerprint density at radius 3 is 3.05 bits per heavy atom. The Morgan fingerprint density at radius 1 is 1.58 bits per heavy atom. The summed E-state index contributed by atoms with van der Waals surface area (Å²) in [5.74, 6) is 0. The lowest BCUT2D eigenvalue weighted by atomic mass is 10.1. The van der Waals surface area contributed by atoms with Crippen LogP contribution in [0.3, 0.4) is 0 Å². The number of rotatable bonds is 3. The molecule has 1 atom stereocenters. The first-order valence-corrected chi connectivity index (χ1v) is 7.44. The Bertz CT molecular complexity index is 467. The normalized spacial score (nSPS) is 20.1. The Labute approximate surface area is 120 Å². The van der Waals surface area contributed by atoms with Gasteiger partial charge in [0.25, 0.3) is 5.69 Å². The van der Waals surface area contributed by atoms with Gasteiger partial charge in [0.1, 0.15) is 0 Å². The van der Waals surface area contributed by atoms with Gasteiger partial charge in [0, 0.05) is 42.3 Å². The molecule has 0 radical (unpaired) electrons. The van der Waals surface area contributed by atoms with Crippen molar-refractivity contribution in [2.45, 2.75) is 24.8 Å². The second-order valence-electron chi connectivity index (χ2n) is 4.68. The van der Waals surface area contributed by atoms with E-state index in [1.54, 1.807) is 6.07 Å². The summed E-state index contributed by atoms with van der Waals surface area (Å²) in [4.78, 5) is 12.8. The number of alkyl halides is 1. The molecule has 1 unspecified atom stereocenters. The lowest BCUT2D eigenvalue weighted by molar-refractivity contribution is -0.385. The van der Waals surface area contributed by atoms with E-state index in [2.05, 4.69) is 27.8 Å². The number of benzene rings is 1. The Morgan fingerprint density at radius 2 is 2.37 bits per heavy atom. The van der Waals surface area contributed by atoms with Gasteiger partial charge in [0.15, 0.2) is 0 Å². The third kappa shape index (κ3) is 3.45. The number of nitro benzene ring substituents is 1. The summed E-state index contributed by atoms with van der Waals surface area (Å²) < 4.78 is 5.61. The van der Waals surface area contributed by atoms with Crippen LogP contribution in [0.1, 0.15) is 18.9 Å². The maximum Gasteiger partial charge on any atom is 0.273 e. The Kier molecular flexibility index (Phi) is 4.76. The Hall–Kier alpha value is -1.14. The van der Waals surface area contributed by atoms with Crippen molar-refractivity contribution in [1.29, 1.82) is 0 Å². The van der Waals surface area contributed by atoms with Crippen molar-refractivity contribution in [2.24, 2.45) is 0 Å². The van der Waals surface area contributed by atoms with Gasteiger partial charge in [0.05, 0.1) is 11.0 Å². The molecule has 1 saturated heterocycles. The number of hydrogen-bond acceptors (Lipinski definition) is 4. The number of ether oxygens (including phenoxy) is 1. The third-order valence-corrected chi connectivity index (χ3v) is 3.83. The lowest BCUT2D eigenvalue weighted by Crippen LogP contribution is -2.30. The van der Waals surface area contributed by atoms with Gasteiger partial charge in [-0.3, -0.25) is 10.1 Å². The molecule has 1 aromatic carbocycles. The van der Waals surface area contributed by atoms with Gasteiger partial charge in [-0.1, -0.05) is 15.9 Å². The zero-order valence-electron chi connectivity index (χ0n) is 10.8. The van der Waals surface area contributed by atoms with Crippen LogP contribution in [0.2, 0.25) is 0 Å². The lowest BCUT2D eigenvalue weighted by Gasteiger charge is -2.24. The second kappa shape index (κ2) is 6.34. The summed E-state index contributed by atoms with van der Waals surface area (Å²) in [6, 6.07) is 5.30. The minimum absolute atomic E-state index is 0.166. The molecule has 104 valence electrons. The van der Waals surface area contributed by atoms with E-state index in [9.17, 15) is 10.1 Å². The first-order chi connectivity index (χ1) is 9.11. The maximum absolute atomic E-state index is 10.9. The summed E-state index contributed by atoms with van der Waals surface area (Å²) in [7, 11) is 0. The molecule has 0 bridgehead atoms. The second-order valence-corrected chi connectivity index (χ2v) is 5.25. The van der Waals surface area contributed by atoms with Gasteiger partial charge >= 0.3 is 0 Å². The zero-order valence-corrected chi connectivity index (χ0v) is 12.4. The molecule has 1 aliphatic rings. The highest BCUT2D eigenvalue weighted by Crippen LogP contribution is 2.27. The van der Waals surface area contributed by atoms with Crippen LogP contribution in [0.4, 0.5) is 11.4 Å².